The molecule has 270 valence electrons. The SMILES string of the molecule is Cc1ccc(-c2cc(C(F)(F)F)nn2-c2ccc(S(=O)(=O)NC(=O)CCc3ccccc3N=Nc3ccc(O)c(C(=O)OC(C)(C)C)c3)cc2)cc1. The van der Waals surface area contributed by atoms with Crippen LogP contribution in [-0.2, 0) is 32.2 Å². The van der Waals surface area contributed by atoms with Gasteiger partial charge in [-0.15, -0.1) is 0 Å². The molecule has 15 heteroatoms. The number of nitrogens with zero attached hydrogens (tertiary/aromatic N) is 4. The van der Waals surface area contributed by atoms with Crippen molar-refractivity contribution in [3.8, 4) is 22.7 Å². The van der Waals surface area contributed by atoms with E-state index in [4.69, 9.17) is 4.74 Å². The number of aryl methyl sites for hydroxylation is 2. The molecule has 0 saturated heterocycles. The highest BCUT2D eigenvalue weighted by Gasteiger charge is 2.35. The van der Waals surface area contributed by atoms with Crippen LogP contribution in [-0.4, -0.2) is 40.8 Å². The number of halogens is 3. The molecule has 0 fully saturated rings. The summed E-state index contributed by atoms with van der Waals surface area (Å²) in [5.41, 5.74) is 0.972. The first-order chi connectivity index (χ1) is 24.4. The van der Waals surface area contributed by atoms with E-state index in [0.717, 1.165) is 16.3 Å². The summed E-state index contributed by atoms with van der Waals surface area (Å²) >= 11 is 0. The van der Waals surface area contributed by atoms with Gasteiger partial charge in [0, 0.05) is 12.0 Å². The lowest BCUT2D eigenvalue weighted by atomic mass is 10.1. The molecule has 0 aliphatic carbocycles. The fourth-order valence-electron chi connectivity index (χ4n) is 4.94. The van der Waals surface area contributed by atoms with Gasteiger partial charge in [0.25, 0.3) is 10.0 Å². The third kappa shape index (κ3) is 9.28. The van der Waals surface area contributed by atoms with Gasteiger partial charge in [0.1, 0.15) is 16.9 Å². The number of hydrogen-bond donors (Lipinski definition) is 2. The average molecular weight is 734 g/mol. The number of amides is 1. The average Bonchev–Trinajstić information content (AvgIpc) is 3.53. The lowest BCUT2D eigenvalue weighted by Gasteiger charge is -2.19. The fourth-order valence-corrected chi connectivity index (χ4v) is 5.95. The number of rotatable bonds is 10. The van der Waals surface area contributed by atoms with E-state index in [-0.39, 0.29) is 46.1 Å². The molecule has 0 aliphatic heterocycles. The van der Waals surface area contributed by atoms with Gasteiger partial charge < -0.3 is 9.84 Å². The van der Waals surface area contributed by atoms with Gasteiger partial charge in [-0.05, 0) is 94.3 Å². The van der Waals surface area contributed by atoms with Crippen LogP contribution in [0.1, 0.15) is 54.4 Å². The highest BCUT2D eigenvalue weighted by atomic mass is 32.2. The highest BCUT2D eigenvalue weighted by molar-refractivity contribution is 7.90. The second-order valence-electron chi connectivity index (χ2n) is 12.7. The van der Waals surface area contributed by atoms with E-state index >= 15 is 0 Å². The zero-order valence-corrected chi connectivity index (χ0v) is 29.3. The summed E-state index contributed by atoms with van der Waals surface area (Å²) in [6.45, 7) is 6.93. The monoisotopic (exact) mass is 733 g/mol. The minimum atomic E-state index is -4.71. The van der Waals surface area contributed by atoms with Gasteiger partial charge in [-0.1, -0.05) is 48.0 Å². The Balaban J connectivity index is 1.27. The van der Waals surface area contributed by atoms with Crippen LogP contribution in [0.2, 0.25) is 0 Å². The smallest absolute Gasteiger partial charge is 0.435 e. The number of carbonyl (C=O) groups is 2. The van der Waals surface area contributed by atoms with Gasteiger partial charge in [-0.25, -0.2) is 22.6 Å². The molecule has 5 rings (SSSR count). The molecule has 1 heterocycles. The van der Waals surface area contributed by atoms with Crippen molar-refractivity contribution in [3.63, 3.8) is 0 Å². The quantitative estimate of drug-likeness (QED) is 0.108. The summed E-state index contributed by atoms with van der Waals surface area (Å²) in [5, 5.41) is 22.3. The zero-order chi connectivity index (χ0) is 37.8. The Morgan fingerprint density at radius 2 is 1.58 bits per heavy atom. The van der Waals surface area contributed by atoms with Crippen LogP contribution in [0.5, 0.6) is 5.75 Å². The molecule has 0 radical (unpaired) electrons. The first-order valence-corrected chi connectivity index (χ1v) is 17.3. The number of esters is 1. The van der Waals surface area contributed by atoms with Gasteiger partial charge in [0.05, 0.1) is 27.7 Å². The Morgan fingerprint density at radius 1 is 0.904 bits per heavy atom. The van der Waals surface area contributed by atoms with Crippen molar-refractivity contribution < 1.29 is 41.0 Å². The molecular formula is C37H34F3N5O6S. The lowest BCUT2D eigenvalue weighted by molar-refractivity contribution is -0.141. The van der Waals surface area contributed by atoms with Crippen LogP contribution in [0.3, 0.4) is 0 Å². The van der Waals surface area contributed by atoms with Gasteiger partial charge in [-0.2, -0.15) is 28.5 Å². The maximum absolute atomic E-state index is 13.6. The number of carbonyl (C=O) groups excluding carboxylic acids is 2. The molecule has 0 unspecified atom stereocenters. The van der Waals surface area contributed by atoms with Crippen molar-refractivity contribution >= 4 is 33.3 Å². The molecule has 4 aromatic carbocycles. The van der Waals surface area contributed by atoms with E-state index in [0.29, 0.717) is 16.8 Å². The maximum atomic E-state index is 13.6. The molecule has 0 bridgehead atoms. The molecule has 1 amide bonds. The molecule has 52 heavy (non-hydrogen) atoms. The number of aromatic nitrogens is 2. The van der Waals surface area contributed by atoms with Gasteiger partial charge in [0.15, 0.2) is 5.69 Å². The third-order valence-corrected chi connectivity index (χ3v) is 8.86. The number of alkyl halides is 3. The molecule has 0 saturated carbocycles. The number of phenols is 1. The molecular weight excluding hydrogens is 699 g/mol. The van der Waals surface area contributed by atoms with Gasteiger partial charge >= 0.3 is 12.1 Å². The van der Waals surface area contributed by atoms with Crippen molar-refractivity contribution in [1.29, 1.82) is 0 Å². The predicted octanol–water partition coefficient (Wildman–Crippen LogP) is 8.38. The van der Waals surface area contributed by atoms with Crippen molar-refractivity contribution in [1.82, 2.24) is 14.5 Å². The zero-order valence-electron chi connectivity index (χ0n) is 28.5. The third-order valence-electron chi connectivity index (χ3n) is 7.47. The molecule has 5 aromatic rings. The number of ether oxygens (including phenoxy) is 1. The number of nitrogens with one attached hydrogen (secondary N) is 1. The van der Waals surface area contributed by atoms with Gasteiger partial charge in [-0.3, -0.25) is 4.79 Å². The summed E-state index contributed by atoms with van der Waals surface area (Å²) < 4.78 is 75.3. The Hall–Kier alpha value is -5.83. The van der Waals surface area contributed by atoms with Crippen LogP contribution >= 0.6 is 0 Å². The number of azo groups is 1. The van der Waals surface area contributed by atoms with Crippen LogP contribution in [0, 0.1) is 6.92 Å². The first-order valence-electron chi connectivity index (χ1n) is 15.9. The largest absolute Gasteiger partial charge is 0.507 e. The lowest BCUT2D eigenvalue weighted by Crippen LogP contribution is -2.30. The van der Waals surface area contributed by atoms with Crippen molar-refractivity contribution in [3.05, 3.63) is 119 Å². The first kappa shape index (κ1) is 37.4. The second kappa shape index (κ2) is 14.8. The maximum Gasteiger partial charge on any atom is 0.435 e. The Kier molecular flexibility index (Phi) is 10.7. The summed E-state index contributed by atoms with van der Waals surface area (Å²) in [5.74, 6) is -1.82. The molecule has 0 atom stereocenters. The molecule has 11 nitrogen and oxygen atoms in total. The number of hydrogen-bond acceptors (Lipinski definition) is 9. The number of benzene rings is 4. The van der Waals surface area contributed by atoms with E-state index in [1.807, 2.05) is 11.6 Å². The topological polar surface area (TPSA) is 152 Å². The van der Waals surface area contributed by atoms with Crippen LogP contribution in [0.4, 0.5) is 24.5 Å². The van der Waals surface area contributed by atoms with Crippen LogP contribution in [0.15, 0.2) is 112 Å². The van der Waals surface area contributed by atoms with Crippen molar-refractivity contribution in [2.75, 3.05) is 0 Å². The van der Waals surface area contributed by atoms with E-state index in [1.54, 1.807) is 69.3 Å². The Morgan fingerprint density at radius 3 is 2.23 bits per heavy atom. The fraction of sp³-hybridized carbons (Fsp3) is 0.216. The van der Waals surface area contributed by atoms with Gasteiger partial charge in [0.2, 0.25) is 5.91 Å². The van der Waals surface area contributed by atoms with Crippen LogP contribution in [0.25, 0.3) is 16.9 Å². The Labute approximate surface area is 297 Å². The standard InChI is InChI=1S/C37H34F3N5O6S/c1-23-9-11-25(12-10-23)31-22-33(37(38,39)40)43-45(31)27-15-17-28(18-16-27)52(49,50)44-34(47)20-13-24-7-5-6-8-30(24)42-41-26-14-19-32(46)29(21-26)35(48)51-36(2,3)4/h5-12,14-19,21-22,46H,13,20H2,1-4H3,(H,44,47). The summed E-state index contributed by atoms with van der Waals surface area (Å²) in [6, 6.07) is 23.5. The van der Waals surface area contributed by atoms with Crippen molar-refractivity contribution in [2.45, 2.75) is 57.2 Å². The number of aromatic hydroxyl groups is 1. The number of sulfonamides is 1. The molecule has 1 aromatic heterocycles. The van der Waals surface area contributed by atoms with Crippen LogP contribution < -0.4 is 4.72 Å². The van der Waals surface area contributed by atoms with E-state index in [1.165, 1.54) is 42.5 Å². The highest BCUT2D eigenvalue weighted by Crippen LogP contribution is 2.34. The van der Waals surface area contributed by atoms with Crippen molar-refractivity contribution in [2.24, 2.45) is 10.2 Å². The number of phenolic OH excluding ortho intramolecular Hbond substituents is 1. The Bertz CT molecular complexity index is 2240. The predicted molar refractivity (Wildman–Crippen MR) is 186 cm³/mol. The molecule has 0 spiro atoms. The minimum absolute atomic E-state index is 0.0869. The second-order valence-corrected chi connectivity index (χ2v) is 14.4. The van der Waals surface area contributed by atoms with E-state index in [2.05, 4.69) is 15.3 Å². The summed E-state index contributed by atoms with van der Waals surface area (Å²) in [6.07, 6.45) is -4.85. The normalized spacial score (nSPS) is 12.2. The van der Waals surface area contributed by atoms with E-state index < -0.39 is 39.4 Å². The molecule has 2 N–H and O–H groups in total. The van der Waals surface area contributed by atoms with E-state index in [9.17, 15) is 36.3 Å². The molecule has 0 aliphatic rings. The minimum Gasteiger partial charge on any atom is -0.507 e. The summed E-state index contributed by atoms with van der Waals surface area (Å²) in [7, 11) is -4.34. The summed E-state index contributed by atoms with van der Waals surface area (Å²) in [4.78, 5) is 25.0.